The van der Waals surface area contributed by atoms with E-state index in [1.807, 2.05) is 0 Å². The third-order valence-corrected chi connectivity index (χ3v) is 3.71. The van der Waals surface area contributed by atoms with Gasteiger partial charge in [-0.3, -0.25) is 0 Å². The quantitative estimate of drug-likeness (QED) is 0.782. The van der Waals surface area contributed by atoms with Crippen LogP contribution in [0.15, 0.2) is 0 Å². The van der Waals surface area contributed by atoms with Gasteiger partial charge >= 0.3 is 6.18 Å². The Morgan fingerprint density at radius 3 is 2.12 bits per heavy atom. The largest absolute Gasteiger partial charge is 0.406 e. The highest BCUT2D eigenvalue weighted by atomic mass is 19.4. The summed E-state index contributed by atoms with van der Waals surface area (Å²) < 4.78 is 39.1. The molecule has 0 radical (unpaired) electrons. The minimum atomic E-state index is -4.11. The molecule has 96 valence electrons. The highest BCUT2D eigenvalue weighted by Crippen LogP contribution is 2.44. The molecular weight excluding hydrogens is 215 g/mol. The first-order chi connectivity index (χ1) is 7.45. The molecular formula is C12H22F3N. The van der Waals surface area contributed by atoms with Crippen molar-refractivity contribution in [2.24, 2.45) is 5.92 Å². The Kier molecular flexibility index (Phi) is 4.65. The Labute approximate surface area is 95.8 Å². The van der Waals surface area contributed by atoms with E-state index in [1.165, 1.54) is 0 Å². The van der Waals surface area contributed by atoms with Crippen LogP contribution in [0.4, 0.5) is 13.2 Å². The molecule has 1 aliphatic rings. The third-order valence-electron chi connectivity index (χ3n) is 3.71. The molecule has 0 aromatic heterocycles. The lowest BCUT2D eigenvalue weighted by molar-refractivity contribution is -0.207. The van der Waals surface area contributed by atoms with Crippen molar-refractivity contribution in [2.45, 2.75) is 64.1 Å². The minimum absolute atomic E-state index is 0.245. The highest BCUT2D eigenvalue weighted by molar-refractivity contribution is 4.98. The van der Waals surface area contributed by atoms with E-state index in [0.29, 0.717) is 25.3 Å². The van der Waals surface area contributed by atoms with Crippen LogP contribution in [0.3, 0.4) is 0 Å². The van der Waals surface area contributed by atoms with E-state index in [2.05, 4.69) is 12.2 Å². The molecule has 0 saturated heterocycles. The number of hydrogen-bond donors (Lipinski definition) is 1. The summed E-state index contributed by atoms with van der Waals surface area (Å²) in [5, 5.41) is 2.68. The maximum absolute atomic E-state index is 13.0. The van der Waals surface area contributed by atoms with E-state index >= 15 is 0 Å². The van der Waals surface area contributed by atoms with Crippen molar-refractivity contribution in [2.75, 3.05) is 6.54 Å². The molecule has 16 heavy (non-hydrogen) atoms. The van der Waals surface area contributed by atoms with E-state index in [0.717, 1.165) is 12.8 Å². The van der Waals surface area contributed by atoms with E-state index in [9.17, 15) is 13.2 Å². The van der Waals surface area contributed by atoms with Crippen LogP contribution in [0, 0.1) is 5.92 Å². The zero-order chi connectivity index (χ0) is 12.2. The second kappa shape index (κ2) is 5.39. The molecule has 0 aromatic rings. The van der Waals surface area contributed by atoms with Gasteiger partial charge in [0, 0.05) is 0 Å². The number of hydrogen-bond acceptors (Lipinski definition) is 1. The van der Waals surface area contributed by atoms with Crippen molar-refractivity contribution in [3.63, 3.8) is 0 Å². The molecule has 0 amide bonds. The number of alkyl halides is 3. The van der Waals surface area contributed by atoms with Gasteiger partial charge in [-0.05, 0) is 38.1 Å². The minimum Gasteiger partial charge on any atom is -0.304 e. The fraction of sp³-hybridized carbons (Fsp3) is 1.00. The van der Waals surface area contributed by atoms with Crippen molar-refractivity contribution in [1.29, 1.82) is 0 Å². The van der Waals surface area contributed by atoms with Crippen LogP contribution >= 0.6 is 0 Å². The maximum Gasteiger partial charge on any atom is 0.406 e. The van der Waals surface area contributed by atoms with Crippen molar-refractivity contribution in [3.05, 3.63) is 0 Å². The number of nitrogens with one attached hydrogen (secondary N) is 1. The van der Waals surface area contributed by atoms with Gasteiger partial charge in [-0.15, -0.1) is 0 Å². The molecule has 0 aromatic carbocycles. The van der Waals surface area contributed by atoms with Crippen LogP contribution in [-0.2, 0) is 0 Å². The van der Waals surface area contributed by atoms with Gasteiger partial charge in [0.25, 0.3) is 0 Å². The van der Waals surface area contributed by atoms with Crippen LogP contribution in [0.5, 0.6) is 0 Å². The fourth-order valence-corrected chi connectivity index (χ4v) is 2.77. The van der Waals surface area contributed by atoms with Gasteiger partial charge in [0.05, 0.1) is 0 Å². The first-order valence-electron chi connectivity index (χ1n) is 6.27. The molecule has 1 fully saturated rings. The van der Waals surface area contributed by atoms with Crippen LogP contribution in [0.1, 0.15) is 52.4 Å². The fourth-order valence-electron chi connectivity index (χ4n) is 2.77. The van der Waals surface area contributed by atoms with E-state index in [4.69, 9.17) is 0 Å². The number of halogens is 3. The van der Waals surface area contributed by atoms with Crippen molar-refractivity contribution < 1.29 is 13.2 Å². The van der Waals surface area contributed by atoms with Gasteiger partial charge in [-0.1, -0.05) is 26.7 Å². The molecule has 1 saturated carbocycles. The summed E-state index contributed by atoms with van der Waals surface area (Å²) in [5.41, 5.74) is -1.61. The monoisotopic (exact) mass is 237 g/mol. The van der Waals surface area contributed by atoms with Gasteiger partial charge in [0.1, 0.15) is 5.54 Å². The Balaban J connectivity index is 2.63. The summed E-state index contributed by atoms with van der Waals surface area (Å²) in [7, 11) is 0. The summed E-state index contributed by atoms with van der Waals surface area (Å²) in [6.07, 6.45) is -0.0597. The average molecular weight is 237 g/mol. The Morgan fingerprint density at radius 2 is 1.75 bits per heavy atom. The molecule has 0 bridgehead atoms. The van der Waals surface area contributed by atoms with Gasteiger partial charge < -0.3 is 5.32 Å². The summed E-state index contributed by atoms with van der Waals surface area (Å²) >= 11 is 0. The number of rotatable bonds is 4. The van der Waals surface area contributed by atoms with Gasteiger partial charge in [-0.25, -0.2) is 0 Å². The predicted octanol–water partition coefficient (Wildman–Crippen LogP) is 3.89. The summed E-state index contributed by atoms with van der Waals surface area (Å²) in [4.78, 5) is 0. The lowest BCUT2D eigenvalue weighted by atomic mass is 9.74. The summed E-state index contributed by atoms with van der Waals surface area (Å²) in [6.45, 7) is 4.22. The molecule has 4 heteroatoms. The topological polar surface area (TPSA) is 12.0 Å². The Hall–Kier alpha value is -0.250. The van der Waals surface area contributed by atoms with Crippen LogP contribution in [-0.4, -0.2) is 18.3 Å². The standard InChI is InChI=1S/C12H22F3N/c1-3-5-10-6-8-11(9-7-10,16-4-2)12(13,14)15/h10,16H,3-9H2,1-2H3. The summed E-state index contributed by atoms with van der Waals surface area (Å²) in [5.74, 6) is 0.499. The third kappa shape index (κ3) is 2.90. The van der Waals surface area contributed by atoms with Crippen molar-refractivity contribution in [1.82, 2.24) is 5.32 Å². The molecule has 0 aliphatic heterocycles. The van der Waals surface area contributed by atoms with E-state index < -0.39 is 11.7 Å². The average Bonchev–Trinajstić information content (AvgIpc) is 2.20. The lowest BCUT2D eigenvalue weighted by Crippen LogP contribution is -2.58. The van der Waals surface area contributed by atoms with Gasteiger partial charge in [-0.2, -0.15) is 13.2 Å². The van der Waals surface area contributed by atoms with E-state index in [1.54, 1.807) is 6.92 Å². The molecule has 0 unspecified atom stereocenters. The second-order valence-electron chi connectivity index (χ2n) is 4.84. The first kappa shape index (κ1) is 13.8. The predicted molar refractivity (Wildman–Crippen MR) is 59.3 cm³/mol. The molecule has 1 N–H and O–H groups in total. The molecule has 0 heterocycles. The molecule has 0 atom stereocenters. The zero-order valence-corrected chi connectivity index (χ0v) is 10.2. The van der Waals surface area contributed by atoms with Crippen molar-refractivity contribution in [3.8, 4) is 0 Å². The Morgan fingerprint density at radius 1 is 1.19 bits per heavy atom. The van der Waals surface area contributed by atoms with Gasteiger partial charge in [0.15, 0.2) is 0 Å². The lowest BCUT2D eigenvalue weighted by Gasteiger charge is -2.42. The highest BCUT2D eigenvalue weighted by Gasteiger charge is 2.54. The van der Waals surface area contributed by atoms with Crippen molar-refractivity contribution >= 4 is 0 Å². The maximum atomic E-state index is 13.0. The summed E-state index contributed by atoms with van der Waals surface area (Å²) in [6, 6.07) is 0. The zero-order valence-electron chi connectivity index (χ0n) is 10.2. The molecule has 1 nitrogen and oxygen atoms in total. The van der Waals surface area contributed by atoms with Crippen LogP contribution < -0.4 is 5.32 Å². The second-order valence-corrected chi connectivity index (χ2v) is 4.84. The van der Waals surface area contributed by atoms with Crippen LogP contribution in [0.2, 0.25) is 0 Å². The van der Waals surface area contributed by atoms with E-state index in [-0.39, 0.29) is 12.8 Å². The molecule has 1 rings (SSSR count). The molecule has 1 aliphatic carbocycles. The first-order valence-corrected chi connectivity index (χ1v) is 6.27. The Bertz CT molecular complexity index is 205. The molecule has 0 spiro atoms. The van der Waals surface area contributed by atoms with Crippen LogP contribution in [0.25, 0.3) is 0 Å². The SMILES string of the molecule is CCCC1CCC(NCC)(C(F)(F)F)CC1. The smallest absolute Gasteiger partial charge is 0.304 e. The normalized spacial score (nSPS) is 31.7. The van der Waals surface area contributed by atoms with Gasteiger partial charge in [0.2, 0.25) is 0 Å².